The summed E-state index contributed by atoms with van der Waals surface area (Å²) in [6.45, 7) is 8.55. The first-order valence-electron chi connectivity index (χ1n) is 9.38. The van der Waals surface area contributed by atoms with Crippen LogP contribution in [-0.4, -0.2) is 31.5 Å². The average Bonchev–Trinajstić information content (AvgIpc) is 3.18. The van der Waals surface area contributed by atoms with Gasteiger partial charge in [0.1, 0.15) is 11.5 Å². The highest BCUT2D eigenvalue weighted by atomic mass is 16.5. The van der Waals surface area contributed by atoms with Crippen molar-refractivity contribution < 1.29 is 19.0 Å². The Morgan fingerprint density at radius 2 is 2.12 bits per heavy atom. The fourth-order valence-electron chi connectivity index (χ4n) is 4.22. The Morgan fingerprint density at radius 3 is 2.65 bits per heavy atom. The first kappa shape index (κ1) is 20.8. The first-order chi connectivity index (χ1) is 12.3. The monoisotopic (exact) mass is 362 g/mol. The summed E-state index contributed by atoms with van der Waals surface area (Å²) in [5.74, 6) is 2.37. The van der Waals surface area contributed by atoms with Crippen molar-refractivity contribution in [2.24, 2.45) is 17.3 Å². The molecule has 0 spiro atoms. The SMILES string of the molecule is CO/C=C/[C@@H]1[C@@H](C(C)(C)OC)CC[C@@]1(C)C/C=C(/CO)c1ccc(C)o1. The third-order valence-electron chi connectivity index (χ3n) is 6.15. The molecule has 1 heterocycles. The van der Waals surface area contributed by atoms with Crippen molar-refractivity contribution >= 4 is 5.57 Å². The molecule has 4 nitrogen and oxygen atoms in total. The second kappa shape index (κ2) is 8.45. The summed E-state index contributed by atoms with van der Waals surface area (Å²) >= 11 is 0. The molecule has 0 unspecified atom stereocenters. The molecule has 146 valence electrons. The number of hydrogen-bond acceptors (Lipinski definition) is 4. The van der Waals surface area contributed by atoms with Gasteiger partial charge in [-0.1, -0.05) is 13.0 Å². The number of rotatable bonds is 8. The van der Waals surface area contributed by atoms with Crippen LogP contribution in [0.2, 0.25) is 0 Å². The second-order valence-corrected chi connectivity index (χ2v) is 8.20. The zero-order valence-electron chi connectivity index (χ0n) is 17.0. The van der Waals surface area contributed by atoms with Crippen LogP contribution in [0, 0.1) is 24.2 Å². The van der Waals surface area contributed by atoms with Crippen molar-refractivity contribution in [3.8, 4) is 0 Å². The van der Waals surface area contributed by atoms with Gasteiger partial charge in [0.05, 0.1) is 25.6 Å². The fraction of sp³-hybridized carbons (Fsp3) is 0.636. The molecule has 4 heteroatoms. The maximum atomic E-state index is 9.79. The Bertz CT molecular complexity index is 640. The second-order valence-electron chi connectivity index (χ2n) is 8.20. The van der Waals surface area contributed by atoms with Crippen molar-refractivity contribution in [1.29, 1.82) is 0 Å². The highest BCUT2D eigenvalue weighted by Crippen LogP contribution is 2.54. The van der Waals surface area contributed by atoms with Crippen molar-refractivity contribution in [2.75, 3.05) is 20.8 Å². The van der Waals surface area contributed by atoms with Crippen LogP contribution in [0.5, 0.6) is 0 Å². The number of aliphatic hydroxyl groups is 1. The minimum Gasteiger partial charge on any atom is -0.505 e. The molecule has 1 aliphatic rings. The molecule has 2 rings (SSSR count). The molecule has 1 fully saturated rings. The number of aliphatic hydroxyl groups excluding tert-OH is 1. The minimum atomic E-state index is -0.192. The van der Waals surface area contributed by atoms with Crippen LogP contribution in [-0.2, 0) is 9.47 Å². The summed E-state index contributed by atoms with van der Waals surface area (Å²) < 4.78 is 16.7. The van der Waals surface area contributed by atoms with E-state index in [1.165, 1.54) is 0 Å². The van der Waals surface area contributed by atoms with E-state index in [2.05, 4.69) is 32.9 Å². The zero-order valence-corrected chi connectivity index (χ0v) is 17.0. The molecule has 0 aliphatic heterocycles. The van der Waals surface area contributed by atoms with Crippen LogP contribution in [0.4, 0.5) is 0 Å². The molecule has 0 aromatic carbocycles. The van der Waals surface area contributed by atoms with Gasteiger partial charge in [0.15, 0.2) is 0 Å². The number of methoxy groups -OCH3 is 2. The normalized spacial score (nSPS) is 27.4. The number of hydrogen-bond donors (Lipinski definition) is 1. The van der Waals surface area contributed by atoms with Crippen LogP contribution >= 0.6 is 0 Å². The van der Waals surface area contributed by atoms with E-state index in [-0.39, 0.29) is 17.6 Å². The number of ether oxygens (including phenoxy) is 2. The molecular formula is C22H34O4. The van der Waals surface area contributed by atoms with Crippen LogP contribution < -0.4 is 0 Å². The Kier molecular flexibility index (Phi) is 6.75. The van der Waals surface area contributed by atoms with Crippen LogP contribution in [0.15, 0.2) is 35.0 Å². The summed E-state index contributed by atoms with van der Waals surface area (Å²) in [4.78, 5) is 0. The lowest BCUT2D eigenvalue weighted by atomic mass is 9.71. The molecule has 0 radical (unpaired) electrons. The highest BCUT2D eigenvalue weighted by molar-refractivity contribution is 5.62. The van der Waals surface area contributed by atoms with E-state index in [0.29, 0.717) is 11.8 Å². The maximum Gasteiger partial charge on any atom is 0.132 e. The maximum absolute atomic E-state index is 9.79. The topological polar surface area (TPSA) is 51.8 Å². The Hall–Kier alpha value is -1.52. The van der Waals surface area contributed by atoms with Crippen LogP contribution in [0.1, 0.15) is 51.6 Å². The Morgan fingerprint density at radius 1 is 1.38 bits per heavy atom. The summed E-state index contributed by atoms with van der Waals surface area (Å²) in [5, 5.41) is 9.79. The van der Waals surface area contributed by atoms with Gasteiger partial charge in [-0.2, -0.15) is 0 Å². The van der Waals surface area contributed by atoms with Crippen LogP contribution in [0.3, 0.4) is 0 Å². The first-order valence-corrected chi connectivity index (χ1v) is 9.38. The van der Waals surface area contributed by atoms with Gasteiger partial charge < -0.3 is 19.0 Å². The standard InChI is InChI=1S/C22H34O4/c1-16-7-8-20(26-16)17(15-23)9-12-22(4)13-10-18(21(2,3)25-6)19(22)11-14-24-5/h7-9,11,14,18-19,23H,10,12-13,15H2,1-6H3/b14-11+,17-9-/t18-,19+,22+/m0/s1. The van der Waals surface area contributed by atoms with Gasteiger partial charge >= 0.3 is 0 Å². The number of furan rings is 1. The van der Waals surface area contributed by atoms with Crippen molar-refractivity contribution in [2.45, 2.75) is 52.6 Å². The number of aryl methyl sites for hydroxylation is 1. The fourth-order valence-corrected chi connectivity index (χ4v) is 4.22. The van der Waals surface area contributed by atoms with Gasteiger partial charge in [-0.25, -0.2) is 0 Å². The summed E-state index contributed by atoms with van der Waals surface area (Å²) in [6, 6.07) is 3.85. The predicted molar refractivity (Wildman–Crippen MR) is 105 cm³/mol. The van der Waals surface area contributed by atoms with E-state index in [1.54, 1.807) is 20.5 Å². The van der Waals surface area contributed by atoms with Crippen molar-refractivity contribution in [3.05, 3.63) is 42.1 Å². The van der Waals surface area contributed by atoms with E-state index in [9.17, 15) is 5.11 Å². The zero-order chi connectivity index (χ0) is 19.4. The smallest absolute Gasteiger partial charge is 0.132 e. The molecule has 0 amide bonds. The quantitative estimate of drug-likeness (QED) is 0.663. The van der Waals surface area contributed by atoms with Crippen molar-refractivity contribution in [3.63, 3.8) is 0 Å². The predicted octanol–water partition coefficient (Wildman–Crippen LogP) is 4.97. The molecule has 0 bridgehead atoms. The summed E-state index contributed by atoms with van der Waals surface area (Å²) in [7, 11) is 3.47. The lowest BCUT2D eigenvalue weighted by molar-refractivity contribution is -0.0423. The molecule has 1 aromatic rings. The van der Waals surface area contributed by atoms with E-state index in [4.69, 9.17) is 13.9 Å². The summed E-state index contributed by atoms with van der Waals surface area (Å²) in [5.41, 5.74) is 0.739. The van der Waals surface area contributed by atoms with E-state index >= 15 is 0 Å². The number of allylic oxidation sites excluding steroid dienone is 2. The molecule has 1 aromatic heterocycles. The minimum absolute atomic E-state index is 0.0192. The highest BCUT2D eigenvalue weighted by Gasteiger charge is 2.49. The van der Waals surface area contributed by atoms with Gasteiger partial charge in [-0.15, -0.1) is 0 Å². The third-order valence-corrected chi connectivity index (χ3v) is 6.15. The molecule has 1 saturated carbocycles. The van der Waals surface area contributed by atoms with Gasteiger partial charge in [-0.05, 0) is 75.5 Å². The largest absolute Gasteiger partial charge is 0.505 e. The molecule has 26 heavy (non-hydrogen) atoms. The molecule has 0 saturated heterocycles. The molecule has 1 N–H and O–H groups in total. The van der Waals surface area contributed by atoms with E-state index in [1.807, 2.05) is 19.1 Å². The average molecular weight is 363 g/mol. The van der Waals surface area contributed by atoms with E-state index < -0.39 is 0 Å². The van der Waals surface area contributed by atoms with E-state index in [0.717, 1.165) is 36.4 Å². The lowest BCUT2D eigenvalue weighted by Crippen LogP contribution is -2.38. The summed E-state index contributed by atoms with van der Waals surface area (Å²) in [6.07, 6.45) is 9.20. The van der Waals surface area contributed by atoms with Gasteiger partial charge in [-0.3, -0.25) is 0 Å². The Labute approximate surface area is 157 Å². The van der Waals surface area contributed by atoms with Gasteiger partial charge in [0.25, 0.3) is 0 Å². The van der Waals surface area contributed by atoms with Crippen LogP contribution in [0.25, 0.3) is 5.57 Å². The van der Waals surface area contributed by atoms with Crippen molar-refractivity contribution in [1.82, 2.24) is 0 Å². The molecular weight excluding hydrogens is 328 g/mol. The van der Waals surface area contributed by atoms with Gasteiger partial charge in [0, 0.05) is 12.7 Å². The van der Waals surface area contributed by atoms with Gasteiger partial charge in [0.2, 0.25) is 0 Å². The third kappa shape index (κ3) is 4.41. The molecule has 3 atom stereocenters. The molecule has 1 aliphatic carbocycles. The lowest BCUT2D eigenvalue weighted by Gasteiger charge is -2.38. The Balaban J connectivity index is 2.27.